The Balaban J connectivity index is 2.22. The first kappa shape index (κ1) is 13.7. The molecule has 0 spiro atoms. The van der Waals surface area contributed by atoms with E-state index in [0.717, 1.165) is 0 Å². The third kappa shape index (κ3) is 2.81. The van der Waals surface area contributed by atoms with E-state index in [9.17, 15) is 23.4 Å². The minimum Gasteiger partial charge on any atom is -0.504 e. The van der Waals surface area contributed by atoms with Gasteiger partial charge in [0.15, 0.2) is 21.3 Å². The Morgan fingerprint density at radius 1 is 1.32 bits per heavy atom. The molecule has 104 valence electrons. The highest BCUT2D eigenvalue weighted by atomic mass is 32.2. The number of rotatable bonds is 1. The van der Waals surface area contributed by atoms with Crippen molar-refractivity contribution in [2.24, 2.45) is 0 Å². The first-order valence-electron chi connectivity index (χ1n) is 5.83. The fraction of sp³-hybridized carbons (Fsp3) is 0.417. The monoisotopic (exact) mass is 285 g/mol. The van der Waals surface area contributed by atoms with Gasteiger partial charge in [-0.1, -0.05) is 0 Å². The number of amides is 1. The molecule has 7 heteroatoms. The van der Waals surface area contributed by atoms with Gasteiger partial charge in [-0.3, -0.25) is 4.79 Å². The maximum Gasteiger partial charge on any atom is 0.254 e. The van der Waals surface area contributed by atoms with Crippen molar-refractivity contribution in [2.45, 2.75) is 13.0 Å². The highest BCUT2D eigenvalue weighted by molar-refractivity contribution is 7.91. The predicted octanol–water partition coefficient (Wildman–Crippen LogP) is 0.357. The van der Waals surface area contributed by atoms with Crippen molar-refractivity contribution in [3.63, 3.8) is 0 Å². The summed E-state index contributed by atoms with van der Waals surface area (Å²) in [5.74, 6) is -1.12. The van der Waals surface area contributed by atoms with Crippen molar-refractivity contribution in [3.8, 4) is 11.5 Å². The Labute approximate surface area is 111 Å². The van der Waals surface area contributed by atoms with Gasteiger partial charge in [0.05, 0.1) is 11.5 Å². The van der Waals surface area contributed by atoms with Crippen LogP contribution in [0.3, 0.4) is 0 Å². The van der Waals surface area contributed by atoms with Gasteiger partial charge in [0.2, 0.25) is 0 Å². The topological polar surface area (TPSA) is 94.9 Å². The van der Waals surface area contributed by atoms with E-state index in [1.54, 1.807) is 6.92 Å². The first-order chi connectivity index (χ1) is 8.80. The standard InChI is InChI=1S/C12H15NO5S/c1-8-7-19(17,18)5-4-13(8)12(16)9-2-3-10(14)11(15)6-9/h2-3,6,8,14-15H,4-5,7H2,1H3. The first-order valence-corrected chi connectivity index (χ1v) is 7.66. The number of sulfone groups is 1. The number of nitrogens with zero attached hydrogens (tertiary/aromatic N) is 1. The molecular weight excluding hydrogens is 270 g/mol. The van der Waals surface area contributed by atoms with Crippen molar-refractivity contribution in [3.05, 3.63) is 23.8 Å². The van der Waals surface area contributed by atoms with Crippen LogP contribution in [0.1, 0.15) is 17.3 Å². The average molecular weight is 285 g/mol. The van der Waals surface area contributed by atoms with E-state index in [1.807, 2.05) is 0 Å². The molecule has 6 nitrogen and oxygen atoms in total. The zero-order valence-electron chi connectivity index (χ0n) is 10.4. The number of carbonyl (C=O) groups is 1. The third-order valence-electron chi connectivity index (χ3n) is 3.15. The normalized spacial score (nSPS) is 22.2. The number of hydrogen-bond acceptors (Lipinski definition) is 5. The molecule has 1 aromatic rings. The highest BCUT2D eigenvalue weighted by Gasteiger charge is 2.31. The summed E-state index contributed by atoms with van der Waals surface area (Å²) in [5.41, 5.74) is 0.224. The van der Waals surface area contributed by atoms with Gasteiger partial charge in [-0.25, -0.2) is 8.42 Å². The Morgan fingerprint density at radius 2 is 2.00 bits per heavy atom. The van der Waals surface area contributed by atoms with Crippen molar-refractivity contribution < 1.29 is 23.4 Å². The number of carbonyl (C=O) groups excluding carboxylic acids is 1. The average Bonchev–Trinajstić information content (AvgIpc) is 2.31. The third-order valence-corrected chi connectivity index (χ3v) is 4.95. The lowest BCUT2D eigenvalue weighted by molar-refractivity contribution is 0.0712. The fourth-order valence-electron chi connectivity index (χ4n) is 2.12. The molecule has 1 fully saturated rings. The van der Waals surface area contributed by atoms with Gasteiger partial charge < -0.3 is 15.1 Å². The molecule has 0 saturated carbocycles. The summed E-state index contributed by atoms with van der Waals surface area (Å²) in [7, 11) is -3.08. The summed E-state index contributed by atoms with van der Waals surface area (Å²) < 4.78 is 22.9. The summed E-state index contributed by atoms with van der Waals surface area (Å²) in [6.07, 6.45) is 0. The Kier molecular flexibility index (Phi) is 3.40. The molecule has 1 heterocycles. The largest absolute Gasteiger partial charge is 0.504 e. The molecule has 1 unspecified atom stereocenters. The van der Waals surface area contributed by atoms with Gasteiger partial charge in [0.25, 0.3) is 5.91 Å². The van der Waals surface area contributed by atoms with Crippen LogP contribution < -0.4 is 0 Å². The van der Waals surface area contributed by atoms with Crippen LogP contribution in [0.5, 0.6) is 11.5 Å². The molecule has 2 rings (SSSR count). The summed E-state index contributed by atoms with van der Waals surface area (Å²) >= 11 is 0. The number of benzene rings is 1. The molecule has 1 aliphatic rings. The second kappa shape index (κ2) is 4.73. The molecule has 0 bridgehead atoms. The summed E-state index contributed by atoms with van der Waals surface area (Å²) in [6.45, 7) is 1.82. The van der Waals surface area contributed by atoms with Gasteiger partial charge in [-0.15, -0.1) is 0 Å². The van der Waals surface area contributed by atoms with Crippen LogP contribution in [0, 0.1) is 0 Å². The highest BCUT2D eigenvalue weighted by Crippen LogP contribution is 2.26. The van der Waals surface area contributed by atoms with Crippen LogP contribution in [0.4, 0.5) is 0 Å². The lowest BCUT2D eigenvalue weighted by Crippen LogP contribution is -2.49. The van der Waals surface area contributed by atoms with E-state index < -0.39 is 15.9 Å². The second-order valence-corrected chi connectivity index (χ2v) is 6.89. The summed E-state index contributed by atoms with van der Waals surface area (Å²) in [4.78, 5) is 13.7. The van der Waals surface area contributed by atoms with Gasteiger partial charge in [-0.05, 0) is 25.1 Å². The van der Waals surface area contributed by atoms with Crippen molar-refractivity contribution >= 4 is 15.7 Å². The lowest BCUT2D eigenvalue weighted by atomic mass is 10.1. The van der Waals surface area contributed by atoms with Crippen LogP contribution >= 0.6 is 0 Å². The summed E-state index contributed by atoms with van der Waals surface area (Å²) in [5, 5.41) is 18.6. The van der Waals surface area contributed by atoms with Crippen LogP contribution in [0.2, 0.25) is 0 Å². The minimum absolute atomic E-state index is 0.0485. The van der Waals surface area contributed by atoms with E-state index in [2.05, 4.69) is 0 Å². The zero-order valence-corrected chi connectivity index (χ0v) is 11.2. The molecule has 1 amide bonds. The molecule has 19 heavy (non-hydrogen) atoms. The van der Waals surface area contributed by atoms with Gasteiger partial charge >= 0.3 is 0 Å². The van der Waals surface area contributed by atoms with E-state index in [1.165, 1.54) is 23.1 Å². The smallest absolute Gasteiger partial charge is 0.254 e. The van der Waals surface area contributed by atoms with Crippen molar-refractivity contribution in [2.75, 3.05) is 18.1 Å². The molecule has 1 atom stereocenters. The minimum atomic E-state index is -3.08. The van der Waals surface area contributed by atoms with Crippen molar-refractivity contribution in [1.82, 2.24) is 4.90 Å². The van der Waals surface area contributed by atoms with Gasteiger partial charge in [0.1, 0.15) is 0 Å². The van der Waals surface area contributed by atoms with E-state index >= 15 is 0 Å². The molecule has 0 aromatic heterocycles. The molecular formula is C12H15NO5S. The molecule has 0 radical (unpaired) electrons. The molecule has 2 N–H and O–H groups in total. The van der Waals surface area contributed by atoms with Crippen LogP contribution in [0.15, 0.2) is 18.2 Å². The number of aromatic hydroxyl groups is 2. The molecule has 1 saturated heterocycles. The van der Waals surface area contributed by atoms with Gasteiger partial charge in [-0.2, -0.15) is 0 Å². The molecule has 1 aliphatic heterocycles. The number of phenolic OH excluding ortho intramolecular Hbond substituents is 2. The molecule has 0 aliphatic carbocycles. The Morgan fingerprint density at radius 3 is 2.58 bits per heavy atom. The van der Waals surface area contributed by atoms with Gasteiger partial charge in [0, 0.05) is 18.2 Å². The molecule has 1 aromatic carbocycles. The van der Waals surface area contributed by atoms with Crippen LogP contribution in [-0.2, 0) is 9.84 Å². The quantitative estimate of drug-likeness (QED) is 0.726. The lowest BCUT2D eigenvalue weighted by Gasteiger charge is -2.33. The summed E-state index contributed by atoms with van der Waals surface area (Å²) in [6, 6.07) is 3.40. The Bertz CT molecular complexity index is 611. The number of phenols is 2. The van der Waals surface area contributed by atoms with E-state index in [4.69, 9.17) is 0 Å². The van der Waals surface area contributed by atoms with E-state index in [-0.39, 0.29) is 41.0 Å². The van der Waals surface area contributed by atoms with Crippen molar-refractivity contribution in [1.29, 1.82) is 0 Å². The SMILES string of the molecule is CC1CS(=O)(=O)CCN1C(=O)c1ccc(O)c(O)c1. The van der Waals surface area contributed by atoms with E-state index in [0.29, 0.717) is 0 Å². The second-order valence-electron chi connectivity index (χ2n) is 4.67. The Hall–Kier alpha value is -1.76. The maximum atomic E-state index is 12.2. The maximum absolute atomic E-state index is 12.2. The number of hydrogen-bond donors (Lipinski definition) is 2. The van der Waals surface area contributed by atoms with Crippen LogP contribution in [0.25, 0.3) is 0 Å². The zero-order chi connectivity index (χ0) is 14.2. The fourth-order valence-corrected chi connectivity index (χ4v) is 3.68. The predicted molar refractivity (Wildman–Crippen MR) is 68.9 cm³/mol. The van der Waals surface area contributed by atoms with Crippen LogP contribution in [-0.4, -0.2) is 53.5 Å².